The van der Waals surface area contributed by atoms with E-state index in [0.717, 1.165) is 52.4 Å². The van der Waals surface area contributed by atoms with Crippen molar-refractivity contribution >= 4 is 43.5 Å². The van der Waals surface area contributed by atoms with Crippen molar-refractivity contribution < 1.29 is 4.79 Å². The summed E-state index contributed by atoms with van der Waals surface area (Å²) < 4.78 is 2.77. The lowest BCUT2D eigenvalue weighted by Gasteiger charge is -2.33. The average Bonchev–Trinajstić information content (AvgIpc) is 3.02. The Morgan fingerprint density at radius 1 is 1.12 bits per heavy atom. The van der Waals surface area contributed by atoms with Crippen molar-refractivity contribution in [1.82, 2.24) is 14.5 Å². The first-order chi connectivity index (χ1) is 11.5. The van der Waals surface area contributed by atoms with Crippen LogP contribution in [0.2, 0.25) is 0 Å². The van der Waals surface area contributed by atoms with Gasteiger partial charge in [-0.15, -0.1) is 0 Å². The van der Waals surface area contributed by atoms with Crippen LogP contribution in [0.1, 0.15) is 6.92 Å². The number of nitrogens with zero attached hydrogens (tertiary/aromatic N) is 4. The largest absolute Gasteiger partial charge is 0.345 e. The Balaban J connectivity index is 1.74. The van der Waals surface area contributed by atoms with Gasteiger partial charge in [-0.1, -0.05) is 11.3 Å². The second-order valence-electron chi connectivity index (χ2n) is 6.07. The first-order valence-corrected chi connectivity index (χ1v) is 8.76. The Bertz CT molecular complexity index is 999. The summed E-state index contributed by atoms with van der Waals surface area (Å²) >= 11 is 1.65. The van der Waals surface area contributed by atoms with Gasteiger partial charge in [0.15, 0.2) is 5.13 Å². The normalized spacial score (nSPS) is 15.4. The molecule has 3 heterocycles. The van der Waals surface area contributed by atoms with Gasteiger partial charge in [0, 0.05) is 51.6 Å². The summed E-state index contributed by atoms with van der Waals surface area (Å²) in [5.41, 5.74) is 1.87. The smallest absolute Gasteiger partial charge is 0.250 e. The maximum atomic E-state index is 11.8. The minimum absolute atomic E-state index is 0.00746. The highest BCUT2D eigenvalue weighted by atomic mass is 32.1. The molecule has 0 unspecified atom stereocenters. The first-order valence-electron chi connectivity index (χ1n) is 7.94. The van der Waals surface area contributed by atoms with Gasteiger partial charge < -0.3 is 14.4 Å². The molecule has 0 aliphatic carbocycles. The molecular weight excluding hydrogens is 324 g/mol. The fourth-order valence-corrected chi connectivity index (χ4v) is 4.32. The summed E-state index contributed by atoms with van der Waals surface area (Å²) in [5, 5.41) is 2.04. The number of carbonyl (C=O) groups is 1. The summed E-state index contributed by atoms with van der Waals surface area (Å²) in [6, 6.07) is 7.42. The van der Waals surface area contributed by atoms with Gasteiger partial charge in [-0.25, -0.2) is 4.98 Å². The Morgan fingerprint density at radius 2 is 1.88 bits per heavy atom. The van der Waals surface area contributed by atoms with Gasteiger partial charge >= 0.3 is 0 Å². The lowest BCUT2D eigenvalue weighted by atomic mass is 10.2. The highest BCUT2D eigenvalue weighted by molar-refractivity contribution is 7.23. The SMILES string of the molecule is CC(=O)N1CCN(c2nc3ccc4c(ccc(=O)n4C)c3s2)CC1. The molecule has 24 heavy (non-hydrogen) atoms. The average molecular weight is 342 g/mol. The third kappa shape index (κ3) is 2.36. The van der Waals surface area contributed by atoms with Gasteiger partial charge in [0.1, 0.15) is 0 Å². The maximum Gasteiger partial charge on any atom is 0.250 e. The molecule has 0 saturated carbocycles. The van der Waals surface area contributed by atoms with Crippen molar-refractivity contribution in [2.75, 3.05) is 31.1 Å². The lowest BCUT2D eigenvalue weighted by molar-refractivity contribution is -0.129. The second-order valence-corrected chi connectivity index (χ2v) is 7.04. The van der Waals surface area contributed by atoms with Crippen LogP contribution in [0.15, 0.2) is 29.1 Å². The van der Waals surface area contributed by atoms with Crippen LogP contribution in [0.3, 0.4) is 0 Å². The van der Waals surface area contributed by atoms with Gasteiger partial charge in [0.05, 0.1) is 15.7 Å². The number of thiazole rings is 1. The number of anilines is 1. The van der Waals surface area contributed by atoms with Crippen LogP contribution in [0, 0.1) is 0 Å². The second kappa shape index (κ2) is 5.59. The van der Waals surface area contributed by atoms with Crippen molar-refractivity contribution in [3.05, 3.63) is 34.6 Å². The van der Waals surface area contributed by atoms with Gasteiger partial charge in [0.25, 0.3) is 5.56 Å². The monoisotopic (exact) mass is 342 g/mol. The van der Waals surface area contributed by atoms with Crippen LogP contribution in [0.25, 0.3) is 21.1 Å². The molecular formula is C17H18N4O2S. The fourth-order valence-electron chi connectivity index (χ4n) is 3.18. The number of benzene rings is 1. The molecule has 6 nitrogen and oxygen atoms in total. The molecule has 3 aromatic rings. The number of fused-ring (bicyclic) bond motifs is 3. The number of aryl methyl sites for hydroxylation is 1. The topological polar surface area (TPSA) is 58.4 Å². The molecule has 0 spiro atoms. The molecule has 1 aliphatic rings. The molecule has 4 rings (SSSR count). The third-order valence-corrected chi connectivity index (χ3v) is 5.81. The molecule has 0 N–H and O–H groups in total. The number of aromatic nitrogens is 2. The molecule has 124 valence electrons. The predicted molar refractivity (Wildman–Crippen MR) is 96.8 cm³/mol. The van der Waals surface area contributed by atoms with E-state index in [2.05, 4.69) is 4.90 Å². The van der Waals surface area contributed by atoms with Crippen molar-refractivity contribution in [3.63, 3.8) is 0 Å². The summed E-state index contributed by atoms with van der Waals surface area (Å²) in [7, 11) is 1.79. The summed E-state index contributed by atoms with van der Waals surface area (Å²) in [5.74, 6) is 0.130. The van der Waals surface area contributed by atoms with Gasteiger partial charge in [0.2, 0.25) is 5.91 Å². The molecule has 0 atom stereocenters. The van der Waals surface area contributed by atoms with E-state index in [9.17, 15) is 9.59 Å². The molecule has 1 aromatic carbocycles. The summed E-state index contributed by atoms with van der Waals surface area (Å²) in [4.78, 5) is 32.1. The van der Waals surface area contributed by atoms with E-state index >= 15 is 0 Å². The van der Waals surface area contributed by atoms with E-state index in [4.69, 9.17) is 4.98 Å². The fraction of sp³-hybridized carbons (Fsp3) is 0.353. The lowest BCUT2D eigenvalue weighted by Crippen LogP contribution is -2.48. The van der Waals surface area contributed by atoms with E-state index in [1.54, 1.807) is 35.9 Å². The molecule has 0 radical (unpaired) electrons. The number of amides is 1. The Morgan fingerprint density at radius 3 is 2.58 bits per heavy atom. The number of hydrogen-bond donors (Lipinski definition) is 0. The van der Waals surface area contributed by atoms with Crippen molar-refractivity contribution in [2.24, 2.45) is 7.05 Å². The van der Waals surface area contributed by atoms with Crippen molar-refractivity contribution in [3.8, 4) is 0 Å². The number of piperazine rings is 1. The minimum Gasteiger partial charge on any atom is -0.345 e. The number of pyridine rings is 1. The first kappa shape index (κ1) is 15.1. The standard InChI is InChI=1S/C17H18N4O2S/c1-11(22)20-7-9-21(10-8-20)17-18-13-4-5-14-12(16(13)24-17)3-6-15(23)19(14)2/h3-6H,7-10H2,1-2H3. The molecule has 1 saturated heterocycles. The molecule has 2 aromatic heterocycles. The third-order valence-electron chi connectivity index (χ3n) is 4.64. The molecule has 7 heteroatoms. The highest BCUT2D eigenvalue weighted by Crippen LogP contribution is 2.34. The van der Waals surface area contributed by atoms with E-state index in [-0.39, 0.29) is 11.5 Å². The van der Waals surface area contributed by atoms with Crippen molar-refractivity contribution in [1.29, 1.82) is 0 Å². The summed E-state index contributed by atoms with van der Waals surface area (Å²) in [6.45, 7) is 4.69. The van der Waals surface area contributed by atoms with Crippen LogP contribution in [0.4, 0.5) is 5.13 Å². The number of carbonyl (C=O) groups excluding carboxylic acids is 1. The number of rotatable bonds is 1. The van der Waals surface area contributed by atoms with Gasteiger partial charge in [-0.05, 0) is 18.2 Å². The van der Waals surface area contributed by atoms with Gasteiger partial charge in [-0.2, -0.15) is 0 Å². The number of hydrogen-bond acceptors (Lipinski definition) is 5. The van der Waals surface area contributed by atoms with Crippen LogP contribution in [0.5, 0.6) is 0 Å². The molecule has 1 amide bonds. The molecule has 0 bridgehead atoms. The van der Waals surface area contributed by atoms with Gasteiger partial charge in [-0.3, -0.25) is 9.59 Å². The van der Waals surface area contributed by atoms with Crippen LogP contribution >= 0.6 is 11.3 Å². The summed E-state index contributed by atoms with van der Waals surface area (Å²) in [6.07, 6.45) is 0. The predicted octanol–water partition coefficient (Wildman–Crippen LogP) is 1.82. The Labute approximate surface area is 142 Å². The minimum atomic E-state index is -0.00746. The zero-order valence-electron chi connectivity index (χ0n) is 13.7. The van der Waals surface area contributed by atoms with Crippen LogP contribution < -0.4 is 10.5 Å². The van der Waals surface area contributed by atoms with E-state index in [1.165, 1.54) is 0 Å². The zero-order valence-corrected chi connectivity index (χ0v) is 14.5. The van der Waals surface area contributed by atoms with Crippen LogP contribution in [-0.4, -0.2) is 46.5 Å². The highest BCUT2D eigenvalue weighted by Gasteiger charge is 2.21. The maximum absolute atomic E-state index is 11.8. The van der Waals surface area contributed by atoms with E-state index in [1.807, 2.05) is 23.1 Å². The van der Waals surface area contributed by atoms with E-state index < -0.39 is 0 Å². The zero-order chi connectivity index (χ0) is 16.8. The molecule has 1 fully saturated rings. The molecule has 1 aliphatic heterocycles. The Hall–Kier alpha value is -2.41. The van der Waals surface area contributed by atoms with E-state index in [0.29, 0.717) is 0 Å². The van der Waals surface area contributed by atoms with Crippen LogP contribution in [-0.2, 0) is 11.8 Å². The Kier molecular flexibility index (Phi) is 3.53. The van der Waals surface area contributed by atoms with Crippen molar-refractivity contribution in [2.45, 2.75) is 6.92 Å². The quantitative estimate of drug-likeness (QED) is 0.677.